The summed E-state index contributed by atoms with van der Waals surface area (Å²) in [6.45, 7) is -0.518. The minimum absolute atomic E-state index is 0.174. The first kappa shape index (κ1) is 14.3. The molecule has 0 saturated carbocycles. The van der Waals surface area contributed by atoms with E-state index in [9.17, 15) is 13.2 Å². The standard InChI is InChI=1S/C10H14N2O5S/c1-16-9-6-4-3-5-8(9)12(18(11,14)15)7-10(13)17-2/h3-6H,7H2,1-2H3,(H2,11,14,15). The molecule has 8 heteroatoms. The number of benzene rings is 1. The maximum atomic E-state index is 11.5. The summed E-state index contributed by atoms with van der Waals surface area (Å²) in [6, 6.07) is 6.31. The topological polar surface area (TPSA) is 98.9 Å². The molecule has 0 radical (unpaired) electrons. The van der Waals surface area contributed by atoms with Crippen LogP contribution in [0.15, 0.2) is 24.3 Å². The normalized spacial score (nSPS) is 10.8. The largest absolute Gasteiger partial charge is 0.495 e. The lowest BCUT2D eigenvalue weighted by molar-refractivity contribution is -0.138. The van der Waals surface area contributed by atoms with Crippen LogP contribution < -0.4 is 14.2 Å². The number of carbonyl (C=O) groups excluding carboxylic acids is 1. The molecule has 0 atom stereocenters. The highest BCUT2D eigenvalue weighted by atomic mass is 32.2. The molecule has 0 bridgehead atoms. The second-order valence-electron chi connectivity index (χ2n) is 3.30. The van der Waals surface area contributed by atoms with Crippen LogP contribution in [0.2, 0.25) is 0 Å². The number of ether oxygens (including phenoxy) is 2. The minimum Gasteiger partial charge on any atom is -0.495 e. The van der Waals surface area contributed by atoms with Crippen LogP contribution in [0.1, 0.15) is 0 Å². The van der Waals surface area contributed by atoms with Crippen LogP contribution in [0, 0.1) is 0 Å². The van der Waals surface area contributed by atoms with Gasteiger partial charge in [0, 0.05) is 0 Å². The smallest absolute Gasteiger partial charge is 0.326 e. The Morgan fingerprint density at radius 1 is 1.33 bits per heavy atom. The van der Waals surface area contributed by atoms with Crippen LogP contribution in [0.3, 0.4) is 0 Å². The molecular formula is C10H14N2O5S. The Bertz CT molecular complexity index is 529. The van der Waals surface area contributed by atoms with E-state index in [1.54, 1.807) is 18.2 Å². The van der Waals surface area contributed by atoms with E-state index in [1.165, 1.54) is 13.2 Å². The fourth-order valence-electron chi connectivity index (χ4n) is 1.33. The third-order valence-corrected chi connectivity index (χ3v) is 3.10. The SMILES string of the molecule is COC(=O)CN(c1ccccc1OC)S(N)(=O)=O. The molecule has 7 nitrogen and oxygen atoms in total. The van der Waals surface area contributed by atoms with Crippen molar-refractivity contribution in [3.05, 3.63) is 24.3 Å². The van der Waals surface area contributed by atoms with Crippen molar-refractivity contribution >= 4 is 21.9 Å². The van der Waals surface area contributed by atoms with Crippen molar-refractivity contribution in [2.45, 2.75) is 0 Å². The molecule has 1 aromatic rings. The van der Waals surface area contributed by atoms with E-state index >= 15 is 0 Å². The maximum absolute atomic E-state index is 11.5. The Morgan fingerprint density at radius 3 is 2.44 bits per heavy atom. The third kappa shape index (κ3) is 3.34. The predicted octanol–water partition coefficient (Wildman–Crippen LogP) is -0.122. The Hall–Kier alpha value is -1.80. The lowest BCUT2D eigenvalue weighted by Crippen LogP contribution is -2.40. The van der Waals surface area contributed by atoms with Gasteiger partial charge in [-0.15, -0.1) is 0 Å². The Morgan fingerprint density at radius 2 is 1.94 bits per heavy atom. The van der Waals surface area contributed by atoms with E-state index in [2.05, 4.69) is 4.74 Å². The third-order valence-electron chi connectivity index (χ3n) is 2.16. The van der Waals surface area contributed by atoms with Gasteiger partial charge in [0.2, 0.25) is 0 Å². The van der Waals surface area contributed by atoms with Gasteiger partial charge < -0.3 is 9.47 Å². The molecule has 0 aliphatic carbocycles. The van der Waals surface area contributed by atoms with E-state index in [0.717, 1.165) is 11.4 Å². The van der Waals surface area contributed by atoms with E-state index in [4.69, 9.17) is 9.88 Å². The highest BCUT2D eigenvalue weighted by Crippen LogP contribution is 2.28. The van der Waals surface area contributed by atoms with Crippen LogP contribution in [-0.4, -0.2) is 35.2 Å². The summed E-state index contributed by atoms with van der Waals surface area (Å²) in [5.41, 5.74) is 0.174. The zero-order chi connectivity index (χ0) is 13.8. The van der Waals surface area contributed by atoms with Gasteiger partial charge in [-0.3, -0.25) is 4.79 Å². The van der Waals surface area contributed by atoms with Gasteiger partial charge in [-0.05, 0) is 12.1 Å². The van der Waals surface area contributed by atoms with Gasteiger partial charge in [0.05, 0.1) is 19.9 Å². The number of esters is 1. The molecule has 0 fully saturated rings. The van der Waals surface area contributed by atoms with Crippen molar-refractivity contribution in [2.24, 2.45) is 5.14 Å². The molecule has 0 heterocycles. The molecule has 1 rings (SSSR count). The van der Waals surface area contributed by atoms with Crippen LogP contribution in [0.5, 0.6) is 5.75 Å². The lowest BCUT2D eigenvalue weighted by atomic mass is 10.3. The highest BCUT2D eigenvalue weighted by Gasteiger charge is 2.24. The average molecular weight is 274 g/mol. The van der Waals surface area contributed by atoms with Crippen molar-refractivity contribution in [3.63, 3.8) is 0 Å². The Balaban J connectivity index is 3.22. The average Bonchev–Trinajstić information content (AvgIpc) is 2.34. The van der Waals surface area contributed by atoms with E-state index < -0.39 is 22.7 Å². The molecule has 0 amide bonds. The van der Waals surface area contributed by atoms with Crippen molar-refractivity contribution < 1.29 is 22.7 Å². The maximum Gasteiger partial charge on any atom is 0.326 e. The van der Waals surface area contributed by atoms with E-state index in [1.807, 2.05) is 0 Å². The van der Waals surface area contributed by atoms with E-state index in [0.29, 0.717) is 0 Å². The number of carbonyl (C=O) groups is 1. The van der Waals surface area contributed by atoms with Gasteiger partial charge >= 0.3 is 5.97 Å². The van der Waals surface area contributed by atoms with Gasteiger partial charge in [-0.25, -0.2) is 9.44 Å². The molecule has 1 aromatic carbocycles. The summed E-state index contributed by atoms with van der Waals surface area (Å²) in [4.78, 5) is 11.2. The van der Waals surface area contributed by atoms with Crippen molar-refractivity contribution in [1.29, 1.82) is 0 Å². The molecule has 0 spiro atoms. The minimum atomic E-state index is -4.10. The second kappa shape index (κ2) is 5.69. The summed E-state index contributed by atoms with van der Waals surface area (Å²) in [7, 11) is -1.56. The Labute approximate surface area is 105 Å². The fraction of sp³-hybridized carbons (Fsp3) is 0.300. The monoisotopic (exact) mass is 274 g/mol. The number of para-hydroxylation sites is 2. The molecule has 0 unspecified atom stereocenters. The summed E-state index contributed by atoms with van der Waals surface area (Å²) in [5.74, 6) is -0.439. The van der Waals surface area contributed by atoms with Crippen molar-refractivity contribution in [1.82, 2.24) is 0 Å². The number of hydrogen-bond acceptors (Lipinski definition) is 5. The van der Waals surface area contributed by atoms with Crippen LogP contribution in [0.4, 0.5) is 5.69 Å². The molecule has 0 aromatic heterocycles. The van der Waals surface area contributed by atoms with Crippen molar-refractivity contribution in [3.8, 4) is 5.75 Å². The second-order valence-corrected chi connectivity index (χ2v) is 4.77. The molecule has 0 aliphatic heterocycles. The van der Waals surface area contributed by atoms with Crippen LogP contribution >= 0.6 is 0 Å². The van der Waals surface area contributed by atoms with Gasteiger partial charge in [0.1, 0.15) is 12.3 Å². The zero-order valence-electron chi connectivity index (χ0n) is 9.99. The molecule has 2 N–H and O–H groups in total. The summed E-state index contributed by atoms with van der Waals surface area (Å²) >= 11 is 0. The summed E-state index contributed by atoms with van der Waals surface area (Å²) in [5, 5.41) is 5.07. The number of nitrogens with two attached hydrogens (primary N) is 1. The van der Waals surface area contributed by atoms with Crippen LogP contribution in [0.25, 0.3) is 0 Å². The molecule has 18 heavy (non-hydrogen) atoms. The first-order valence-corrected chi connectivity index (χ1v) is 6.40. The summed E-state index contributed by atoms with van der Waals surface area (Å²) < 4.78 is 33.2. The van der Waals surface area contributed by atoms with Gasteiger partial charge in [0.15, 0.2) is 0 Å². The number of methoxy groups -OCH3 is 2. The first-order valence-electron chi connectivity index (χ1n) is 4.90. The van der Waals surface area contributed by atoms with Gasteiger partial charge in [0.25, 0.3) is 10.2 Å². The predicted molar refractivity (Wildman–Crippen MR) is 65.5 cm³/mol. The van der Waals surface area contributed by atoms with Gasteiger partial charge in [-0.1, -0.05) is 12.1 Å². The number of anilines is 1. The summed E-state index contributed by atoms with van der Waals surface area (Å²) in [6.07, 6.45) is 0. The van der Waals surface area contributed by atoms with E-state index in [-0.39, 0.29) is 11.4 Å². The quantitative estimate of drug-likeness (QED) is 0.754. The lowest BCUT2D eigenvalue weighted by Gasteiger charge is -2.22. The molecular weight excluding hydrogens is 260 g/mol. The van der Waals surface area contributed by atoms with Gasteiger partial charge in [-0.2, -0.15) is 8.42 Å². The number of rotatable bonds is 5. The Kier molecular flexibility index (Phi) is 4.51. The fourth-order valence-corrected chi connectivity index (χ4v) is 2.04. The molecule has 100 valence electrons. The first-order chi connectivity index (χ1) is 8.40. The highest BCUT2D eigenvalue weighted by molar-refractivity contribution is 7.90. The zero-order valence-corrected chi connectivity index (χ0v) is 10.8. The number of nitrogens with zero attached hydrogens (tertiary/aromatic N) is 1. The number of hydrogen-bond donors (Lipinski definition) is 1. The molecule has 0 saturated heterocycles. The van der Waals surface area contributed by atoms with Crippen molar-refractivity contribution in [2.75, 3.05) is 25.1 Å². The van der Waals surface area contributed by atoms with Crippen LogP contribution in [-0.2, 0) is 19.7 Å². The molecule has 0 aliphatic rings.